The second-order valence-electron chi connectivity index (χ2n) is 7.58. The van der Waals surface area contributed by atoms with E-state index in [4.69, 9.17) is 23.2 Å². The van der Waals surface area contributed by atoms with Crippen LogP contribution in [0, 0.1) is 0 Å². The summed E-state index contributed by atoms with van der Waals surface area (Å²) in [6.45, 7) is 0. The third-order valence-corrected chi connectivity index (χ3v) is 6.06. The molecule has 0 aliphatic heterocycles. The largest absolute Gasteiger partial charge is 0.338 e. The summed E-state index contributed by atoms with van der Waals surface area (Å²) in [7, 11) is 0. The lowest BCUT2D eigenvalue weighted by molar-refractivity contribution is 0.0993. The van der Waals surface area contributed by atoms with Gasteiger partial charge in [0, 0.05) is 12.0 Å². The van der Waals surface area contributed by atoms with Gasteiger partial charge in [-0.2, -0.15) is 0 Å². The van der Waals surface area contributed by atoms with Crippen molar-refractivity contribution in [3.63, 3.8) is 0 Å². The lowest BCUT2D eigenvalue weighted by Gasteiger charge is -2.05. The summed E-state index contributed by atoms with van der Waals surface area (Å²) in [6.07, 6.45) is 0.331. The monoisotopic (exact) mass is 456 g/mol. The highest BCUT2D eigenvalue weighted by molar-refractivity contribution is 6.39. The van der Waals surface area contributed by atoms with E-state index in [-0.39, 0.29) is 5.78 Å². The molecule has 0 spiro atoms. The van der Waals surface area contributed by atoms with E-state index in [0.29, 0.717) is 33.4 Å². The summed E-state index contributed by atoms with van der Waals surface area (Å²) in [4.78, 5) is 20.8. The summed E-state index contributed by atoms with van der Waals surface area (Å²) < 4.78 is 0. The van der Waals surface area contributed by atoms with Gasteiger partial charge in [0.05, 0.1) is 26.6 Å². The van der Waals surface area contributed by atoms with Gasteiger partial charge in [0.15, 0.2) is 5.78 Å². The Labute approximate surface area is 195 Å². The molecule has 0 aliphatic rings. The molecule has 0 bridgehead atoms. The van der Waals surface area contributed by atoms with E-state index in [2.05, 4.69) is 34.2 Å². The zero-order chi connectivity index (χ0) is 22.1. The van der Waals surface area contributed by atoms with Crippen molar-refractivity contribution in [1.82, 2.24) is 9.97 Å². The first kappa shape index (κ1) is 20.5. The van der Waals surface area contributed by atoms with Gasteiger partial charge < -0.3 is 4.98 Å². The molecule has 0 aliphatic carbocycles. The number of carbonyl (C=O) groups excluding carboxylic acids is 1. The number of fused-ring (bicyclic) bond motifs is 1. The van der Waals surface area contributed by atoms with E-state index in [1.165, 1.54) is 0 Å². The third kappa shape index (κ3) is 4.05. The van der Waals surface area contributed by atoms with E-state index in [1.807, 2.05) is 48.5 Å². The van der Waals surface area contributed by atoms with Crippen molar-refractivity contribution < 1.29 is 4.79 Å². The molecule has 0 radical (unpaired) electrons. The predicted octanol–water partition coefficient (Wildman–Crippen LogP) is 7.63. The van der Waals surface area contributed by atoms with Gasteiger partial charge in [-0.05, 0) is 47.0 Å². The maximum absolute atomic E-state index is 12.9. The van der Waals surface area contributed by atoms with Crippen LogP contribution < -0.4 is 0 Å². The van der Waals surface area contributed by atoms with E-state index in [9.17, 15) is 4.79 Å². The number of halogens is 2. The Morgan fingerprint density at radius 1 is 0.781 bits per heavy atom. The van der Waals surface area contributed by atoms with Gasteiger partial charge >= 0.3 is 0 Å². The molecule has 5 rings (SSSR count). The molecular weight excluding hydrogens is 439 g/mol. The van der Waals surface area contributed by atoms with Gasteiger partial charge in [-0.3, -0.25) is 4.79 Å². The van der Waals surface area contributed by atoms with Gasteiger partial charge in [0.1, 0.15) is 5.82 Å². The molecule has 1 N–H and O–H groups in total. The first-order valence-corrected chi connectivity index (χ1v) is 11.0. The van der Waals surface area contributed by atoms with Crippen LogP contribution in [0.3, 0.4) is 0 Å². The molecule has 4 aromatic carbocycles. The summed E-state index contributed by atoms with van der Waals surface area (Å²) in [6, 6.07) is 29.1. The first-order chi connectivity index (χ1) is 15.6. The Bertz CT molecular complexity index is 1400. The van der Waals surface area contributed by atoms with Crippen LogP contribution >= 0.6 is 23.2 Å². The zero-order valence-electron chi connectivity index (χ0n) is 17.0. The maximum atomic E-state index is 12.9. The first-order valence-electron chi connectivity index (χ1n) is 10.2. The second-order valence-corrected chi connectivity index (χ2v) is 8.39. The minimum atomic E-state index is 0.0475. The number of rotatable bonds is 5. The summed E-state index contributed by atoms with van der Waals surface area (Å²) >= 11 is 12.6. The molecule has 1 aromatic heterocycles. The van der Waals surface area contributed by atoms with E-state index in [1.54, 1.807) is 18.2 Å². The maximum Gasteiger partial charge on any atom is 0.167 e. The number of nitrogens with one attached hydrogen (secondary N) is 1. The quantitative estimate of drug-likeness (QED) is 0.276. The topological polar surface area (TPSA) is 45.8 Å². The number of hydrogen-bond donors (Lipinski definition) is 1. The molecule has 0 fully saturated rings. The molecule has 32 heavy (non-hydrogen) atoms. The second kappa shape index (κ2) is 8.62. The van der Waals surface area contributed by atoms with Crippen LogP contribution in [0.1, 0.15) is 15.9 Å². The SMILES string of the molecule is O=C(Cc1ccc(-c2ccccc2)cc1)c1ccc2nc(-c3c(Cl)cccc3Cl)[nH]c2c1. The Morgan fingerprint density at radius 2 is 1.47 bits per heavy atom. The van der Waals surface area contributed by atoms with Gasteiger partial charge in [-0.15, -0.1) is 0 Å². The molecular formula is C27H18Cl2N2O. The fraction of sp³-hybridized carbons (Fsp3) is 0.0370. The van der Waals surface area contributed by atoms with Crippen LogP contribution in [0.15, 0.2) is 91.0 Å². The molecule has 5 aromatic rings. The Kier molecular flexibility index (Phi) is 5.52. The number of H-pyrrole nitrogens is 1. The number of benzene rings is 4. The number of imidazole rings is 1. The Morgan fingerprint density at radius 3 is 2.19 bits per heavy atom. The van der Waals surface area contributed by atoms with Crippen molar-refractivity contribution in [1.29, 1.82) is 0 Å². The molecule has 1 heterocycles. The van der Waals surface area contributed by atoms with Gasteiger partial charge in [-0.25, -0.2) is 4.98 Å². The van der Waals surface area contributed by atoms with Crippen LogP contribution in [-0.4, -0.2) is 15.8 Å². The van der Waals surface area contributed by atoms with Crippen LogP contribution in [0.25, 0.3) is 33.5 Å². The van der Waals surface area contributed by atoms with Crippen LogP contribution in [-0.2, 0) is 6.42 Å². The molecule has 0 saturated carbocycles. The normalized spacial score (nSPS) is 11.1. The van der Waals surface area contributed by atoms with Gasteiger partial charge in [-0.1, -0.05) is 83.9 Å². The van der Waals surface area contributed by atoms with Crippen molar-refractivity contribution >= 4 is 40.0 Å². The number of Topliss-reactive ketones (excluding diaryl/α,β-unsaturated/α-hetero) is 1. The average molecular weight is 457 g/mol. The lowest BCUT2D eigenvalue weighted by atomic mass is 9.99. The minimum absolute atomic E-state index is 0.0475. The Hall–Kier alpha value is -3.40. The summed E-state index contributed by atoms with van der Waals surface area (Å²) in [5.74, 6) is 0.628. The fourth-order valence-corrected chi connectivity index (χ4v) is 4.34. The number of aromatic nitrogens is 2. The van der Waals surface area contributed by atoms with E-state index >= 15 is 0 Å². The molecule has 0 unspecified atom stereocenters. The minimum Gasteiger partial charge on any atom is -0.338 e. The number of hydrogen-bond acceptors (Lipinski definition) is 2. The van der Waals surface area contributed by atoms with Crippen LogP contribution in [0.5, 0.6) is 0 Å². The molecule has 0 saturated heterocycles. The summed E-state index contributed by atoms with van der Waals surface area (Å²) in [5, 5.41) is 1.04. The zero-order valence-corrected chi connectivity index (χ0v) is 18.5. The number of carbonyl (C=O) groups is 1. The Balaban J connectivity index is 1.38. The van der Waals surface area contributed by atoms with Crippen molar-refractivity contribution in [2.24, 2.45) is 0 Å². The summed E-state index contributed by atoms with van der Waals surface area (Å²) in [5.41, 5.74) is 6.06. The van der Waals surface area contributed by atoms with E-state index in [0.717, 1.165) is 27.7 Å². The van der Waals surface area contributed by atoms with Gasteiger partial charge in [0.2, 0.25) is 0 Å². The molecule has 0 amide bonds. The molecule has 156 valence electrons. The highest BCUT2D eigenvalue weighted by atomic mass is 35.5. The predicted molar refractivity (Wildman–Crippen MR) is 131 cm³/mol. The standard InChI is InChI=1S/C27H18Cl2N2O/c28-21-7-4-8-22(29)26(21)27-30-23-14-13-20(16-24(23)31-27)25(32)15-17-9-11-19(12-10-17)18-5-2-1-3-6-18/h1-14,16H,15H2,(H,30,31). The van der Waals surface area contributed by atoms with Crippen LogP contribution in [0.4, 0.5) is 0 Å². The van der Waals surface area contributed by atoms with Crippen molar-refractivity contribution in [3.05, 3.63) is 112 Å². The molecule has 5 heteroatoms. The molecule has 3 nitrogen and oxygen atoms in total. The fourth-order valence-electron chi connectivity index (χ4n) is 3.76. The third-order valence-electron chi connectivity index (χ3n) is 5.43. The molecule has 0 atom stereocenters. The number of nitrogens with zero attached hydrogens (tertiary/aromatic N) is 1. The van der Waals surface area contributed by atoms with Crippen molar-refractivity contribution in [2.75, 3.05) is 0 Å². The van der Waals surface area contributed by atoms with Crippen LogP contribution in [0.2, 0.25) is 10.0 Å². The number of ketones is 1. The number of aromatic amines is 1. The average Bonchev–Trinajstić information content (AvgIpc) is 3.23. The van der Waals surface area contributed by atoms with E-state index < -0.39 is 0 Å². The highest BCUT2D eigenvalue weighted by Crippen LogP contribution is 2.34. The van der Waals surface area contributed by atoms with Crippen molar-refractivity contribution in [2.45, 2.75) is 6.42 Å². The lowest BCUT2D eigenvalue weighted by Crippen LogP contribution is -2.03. The smallest absolute Gasteiger partial charge is 0.167 e. The van der Waals surface area contributed by atoms with Crippen molar-refractivity contribution in [3.8, 4) is 22.5 Å². The van der Waals surface area contributed by atoms with Gasteiger partial charge in [0.25, 0.3) is 0 Å². The highest BCUT2D eigenvalue weighted by Gasteiger charge is 2.14.